The Balaban J connectivity index is 1.43. The first-order valence-corrected chi connectivity index (χ1v) is 19.4. The van der Waals surface area contributed by atoms with Crippen LogP contribution in [0.25, 0.3) is 11.0 Å². The van der Waals surface area contributed by atoms with Gasteiger partial charge in [-0.25, -0.2) is 19.6 Å². The van der Waals surface area contributed by atoms with Crippen LogP contribution in [0.15, 0.2) is 66.7 Å². The zero-order valence-electron chi connectivity index (χ0n) is 34.8. The van der Waals surface area contributed by atoms with Gasteiger partial charge in [0.15, 0.2) is 34.6 Å². The van der Waals surface area contributed by atoms with Crippen molar-refractivity contribution in [3.63, 3.8) is 0 Å². The molecule has 0 aliphatic carbocycles. The number of hydrogen-bond donors (Lipinski definition) is 6. The van der Waals surface area contributed by atoms with Crippen LogP contribution in [-0.4, -0.2) is 103 Å². The van der Waals surface area contributed by atoms with Crippen LogP contribution >= 0.6 is 0 Å². The summed E-state index contributed by atoms with van der Waals surface area (Å²) in [4.78, 5) is 44.9. The molecule has 0 bridgehead atoms. The molecular weight excluding hydrogens is 775 g/mol. The summed E-state index contributed by atoms with van der Waals surface area (Å²) in [6.45, 7) is 6.13. The molecule has 3 atom stereocenters. The summed E-state index contributed by atoms with van der Waals surface area (Å²) in [7, 11) is 6.28. The fourth-order valence-electron chi connectivity index (χ4n) is 5.93. The highest BCUT2D eigenvalue weighted by atomic mass is 16.6. The third kappa shape index (κ3) is 12.3. The molecule has 2 aromatic heterocycles. The molecule has 2 heterocycles. The molecule has 1 amide bonds. The number of carbonyl (C=O) groups excluding carboxylic acids is 2. The van der Waals surface area contributed by atoms with E-state index in [9.17, 15) is 14.7 Å². The SMILES string of the molecule is CCOC(=O)[C@H](Cc1ccccc1)NC(=O)OC(C)CNc1nc(NCc2ccc(OC)c(OC)c2)c2nc(NCC(C)O)nc(NCc3ccc(OC)c(OC)c3)c2n1. The van der Waals surface area contributed by atoms with E-state index >= 15 is 0 Å². The number of alkyl carbamates (subject to hydrolysis) is 1. The first-order chi connectivity index (χ1) is 29.0. The molecule has 18 nitrogen and oxygen atoms in total. The molecule has 60 heavy (non-hydrogen) atoms. The number of anilines is 4. The van der Waals surface area contributed by atoms with Crippen LogP contribution in [-0.2, 0) is 33.8 Å². The molecule has 18 heteroatoms. The number of hydrogen-bond acceptors (Lipinski definition) is 17. The van der Waals surface area contributed by atoms with E-state index in [0.29, 0.717) is 58.8 Å². The van der Waals surface area contributed by atoms with Gasteiger partial charge in [-0.2, -0.15) is 9.97 Å². The van der Waals surface area contributed by atoms with Crippen molar-refractivity contribution in [3.05, 3.63) is 83.4 Å². The van der Waals surface area contributed by atoms with Gasteiger partial charge in [-0.1, -0.05) is 42.5 Å². The molecule has 0 fully saturated rings. The van der Waals surface area contributed by atoms with Crippen LogP contribution in [0.2, 0.25) is 0 Å². The number of benzene rings is 3. The average molecular weight is 828 g/mol. The predicted molar refractivity (Wildman–Crippen MR) is 227 cm³/mol. The fourth-order valence-corrected chi connectivity index (χ4v) is 5.93. The maximum absolute atomic E-state index is 13.1. The maximum Gasteiger partial charge on any atom is 0.408 e. The number of nitrogens with one attached hydrogen (secondary N) is 5. The van der Waals surface area contributed by atoms with Crippen LogP contribution in [0, 0.1) is 0 Å². The Labute approximate surface area is 348 Å². The van der Waals surface area contributed by atoms with Gasteiger partial charge in [0.1, 0.15) is 23.2 Å². The molecule has 0 radical (unpaired) electrons. The minimum absolute atomic E-state index is 0.0973. The smallest absolute Gasteiger partial charge is 0.408 e. The van der Waals surface area contributed by atoms with Crippen LogP contribution in [0.3, 0.4) is 0 Å². The van der Waals surface area contributed by atoms with Gasteiger partial charge in [0.05, 0.1) is 47.7 Å². The summed E-state index contributed by atoms with van der Waals surface area (Å²) in [5, 5.41) is 25.7. The molecule has 5 rings (SSSR count). The number of amides is 1. The quantitative estimate of drug-likeness (QED) is 0.0495. The van der Waals surface area contributed by atoms with E-state index < -0.39 is 30.3 Å². The van der Waals surface area contributed by atoms with Crippen molar-refractivity contribution in [1.29, 1.82) is 0 Å². The third-order valence-corrected chi connectivity index (χ3v) is 8.92. The summed E-state index contributed by atoms with van der Waals surface area (Å²) >= 11 is 0. The van der Waals surface area contributed by atoms with Crippen molar-refractivity contribution in [1.82, 2.24) is 25.3 Å². The molecular formula is C42H53N9O9. The standard InChI is InChI=1S/C42H53N9O9/c1-8-59-39(53)30(18-27-12-10-9-11-13-27)47-42(54)60-26(3)22-46-41-49-36-35(38(51-41)44-24-29-15-17-32(56-5)34(20-29)58-7)48-40(45-21-25(2)52)50-37(36)43-23-28-14-16-31(55-4)33(19-28)57-6/h9-17,19-20,25-26,30,52H,8,18,21-24H2,1-7H3,(H,47,54)(H2,43,45,48,50)(H2,44,46,49,51)/t25?,26?,30-/m0/s1. The van der Waals surface area contributed by atoms with Crippen LogP contribution in [0.5, 0.6) is 23.0 Å². The maximum atomic E-state index is 13.1. The lowest BCUT2D eigenvalue weighted by Crippen LogP contribution is -2.45. The van der Waals surface area contributed by atoms with Gasteiger partial charge >= 0.3 is 12.1 Å². The lowest BCUT2D eigenvalue weighted by Gasteiger charge is -2.20. The third-order valence-electron chi connectivity index (χ3n) is 8.92. The number of aliphatic hydroxyl groups is 1. The molecule has 2 unspecified atom stereocenters. The van der Waals surface area contributed by atoms with Gasteiger partial charge in [0, 0.05) is 26.1 Å². The van der Waals surface area contributed by atoms with Crippen LogP contribution in [0.1, 0.15) is 37.5 Å². The van der Waals surface area contributed by atoms with Crippen LogP contribution in [0.4, 0.5) is 28.3 Å². The minimum atomic E-state index is -0.951. The van der Waals surface area contributed by atoms with E-state index in [2.05, 4.69) is 26.6 Å². The summed E-state index contributed by atoms with van der Waals surface area (Å²) in [5.74, 6) is 2.89. The van der Waals surface area contributed by atoms with E-state index in [1.54, 1.807) is 49.2 Å². The summed E-state index contributed by atoms with van der Waals surface area (Å²) in [5.41, 5.74) is 3.34. The summed E-state index contributed by atoms with van der Waals surface area (Å²) < 4.78 is 32.7. The highest BCUT2D eigenvalue weighted by Gasteiger charge is 2.25. The van der Waals surface area contributed by atoms with Gasteiger partial charge in [-0.15, -0.1) is 0 Å². The molecule has 0 aliphatic rings. The predicted octanol–water partition coefficient (Wildman–Crippen LogP) is 5.17. The average Bonchev–Trinajstić information content (AvgIpc) is 3.25. The van der Waals surface area contributed by atoms with Crippen molar-refractivity contribution in [2.45, 2.75) is 58.5 Å². The van der Waals surface area contributed by atoms with Gasteiger partial charge in [-0.05, 0) is 61.7 Å². The Morgan fingerprint density at radius 1 is 0.650 bits per heavy atom. The van der Waals surface area contributed by atoms with Gasteiger partial charge in [0.25, 0.3) is 0 Å². The highest BCUT2D eigenvalue weighted by Crippen LogP contribution is 2.31. The Hall–Kier alpha value is -6.82. The Morgan fingerprint density at radius 3 is 1.65 bits per heavy atom. The van der Waals surface area contributed by atoms with Gasteiger partial charge in [-0.3, -0.25) is 0 Å². The number of fused-ring (bicyclic) bond motifs is 1. The molecule has 0 saturated carbocycles. The topological polar surface area (TPSA) is 221 Å². The number of aliphatic hydroxyl groups excluding tert-OH is 1. The molecule has 3 aromatic carbocycles. The summed E-state index contributed by atoms with van der Waals surface area (Å²) in [6, 6.07) is 19.5. The van der Waals surface area contributed by atoms with E-state index in [1.165, 1.54) is 0 Å². The molecule has 320 valence electrons. The van der Waals surface area contributed by atoms with Crippen molar-refractivity contribution in [3.8, 4) is 23.0 Å². The van der Waals surface area contributed by atoms with E-state index in [0.717, 1.165) is 16.7 Å². The first-order valence-electron chi connectivity index (χ1n) is 19.4. The Morgan fingerprint density at radius 2 is 1.17 bits per heavy atom. The van der Waals surface area contributed by atoms with E-state index in [-0.39, 0.29) is 38.0 Å². The second-order valence-electron chi connectivity index (χ2n) is 13.5. The van der Waals surface area contributed by atoms with Gasteiger partial charge < -0.3 is 60.1 Å². The first kappa shape index (κ1) is 44.3. The fraction of sp³-hybridized carbons (Fsp3) is 0.381. The zero-order chi connectivity index (χ0) is 43.0. The number of nitrogens with zero attached hydrogens (tertiary/aromatic N) is 4. The number of rotatable bonds is 22. The van der Waals surface area contributed by atoms with E-state index in [1.807, 2.05) is 66.7 Å². The molecule has 6 N–H and O–H groups in total. The Bertz CT molecular complexity index is 2190. The molecule has 0 spiro atoms. The number of carbonyl (C=O) groups is 2. The lowest BCUT2D eigenvalue weighted by atomic mass is 10.1. The molecule has 0 aliphatic heterocycles. The highest BCUT2D eigenvalue weighted by molar-refractivity contribution is 5.94. The normalized spacial score (nSPS) is 12.3. The van der Waals surface area contributed by atoms with Crippen molar-refractivity contribution < 1.29 is 43.1 Å². The number of esters is 1. The number of ether oxygens (including phenoxy) is 6. The number of methoxy groups -OCH3 is 4. The van der Waals surface area contributed by atoms with Crippen molar-refractivity contribution in [2.24, 2.45) is 0 Å². The van der Waals surface area contributed by atoms with Crippen LogP contribution < -0.4 is 45.5 Å². The van der Waals surface area contributed by atoms with Crippen molar-refractivity contribution >= 4 is 46.6 Å². The summed E-state index contributed by atoms with van der Waals surface area (Å²) in [6.07, 6.45) is -1.93. The monoisotopic (exact) mass is 827 g/mol. The lowest BCUT2D eigenvalue weighted by molar-refractivity contribution is -0.145. The molecule has 5 aromatic rings. The Kier molecular flexibility index (Phi) is 16.1. The molecule has 0 saturated heterocycles. The minimum Gasteiger partial charge on any atom is -0.493 e. The zero-order valence-corrected chi connectivity index (χ0v) is 34.8. The second-order valence-corrected chi connectivity index (χ2v) is 13.5. The van der Waals surface area contributed by atoms with Gasteiger partial charge in [0.2, 0.25) is 11.9 Å². The number of aromatic nitrogens is 4. The van der Waals surface area contributed by atoms with E-state index in [4.69, 9.17) is 48.4 Å². The second kappa shape index (κ2) is 21.8. The largest absolute Gasteiger partial charge is 0.493 e. The van der Waals surface area contributed by atoms with Crippen molar-refractivity contribution in [2.75, 3.05) is 69.4 Å².